The fourth-order valence-corrected chi connectivity index (χ4v) is 3.78. The van der Waals surface area contributed by atoms with E-state index in [1.54, 1.807) is 6.07 Å². The lowest BCUT2D eigenvalue weighted by molar-refractivity contribution is 0.0999. The fraction of sp³-hybridized carbons (Fsp3) is 0.100. The number of primary amides is 2. The van der Waals surface area contributed by atoms with E-state index in [-0.39, 0.29) is 6.54 Å². The van der Waals surface area contributed by atoms with Gasteiger partial charge >= 0.3 is 6.03 Å². The van der Waals surface area contributed by atoms with E-state index < -0.39 is 11.9 Å². The molecule has 3 aromatic rings. The Balaban J connectivity index is 1.71. The van der Waals surface area contributed by atoms with Crippen molar-refractivity contribution in [2.45, 2.75) is 13.2 Å². The van der Waals surface area contributed by atoms with Gasteiger partial charge in [-0.3, -0.25) is 4.79 Å². The smallest absolute Gasteiger partial charge is 0.312 e. The molecule has 0 fully saturated rings. The van der Waals surface area contributed by atoms with E-state index in [4.69, 9.17) is 27.8 Å². The van der Waals surface area contributed by atoms with Crippen molar-refractivity contribution >= 4 is 34.9 Å². The number of thiophene rings is 1. The molecule has 0 aliphatic rings. The van der Waals surface area contributed by atoms with Gasteiger partial charge in [-0.25, -0.2) is 4.79 Å². The maximum absolute atomic E-state index is 11.7. The second-order valence-electron chi connectivity index (χ2n) is 5.97. The molecular formula is C20H18ClN3O3S. The quantitative estimate of drug-likeness (QED) is 0.544. The van der Waals surface area contributed by atoms with Crippen molar-refractivity contribution in [2.75, 3.05) is 0 Å². The Morgan fingerprint density at radius 1 is 1.04 bits per heavy atom. The first-order valence-electron chi connectivity index (χ1n) is 8.36. The number of rotatable bonds is 7. The van der Waals surface area contributed by atoms with Gasteiger partial charge in [0, 0.05) is 14.8 Å². The summed E-state index contributed by atoms with van der Waals surface area (Å²) in [7, 11) is 0. The minimum absolute atomic E-state index is 0.153. The first-order chi connectivity index (χ1) is 13.4. The molecule has 2 aromatic carbocycles. The lowest BCUT2D eigenvalue weighted by Crippen LogP contribution is -2.29. The van der Waals surface area contributed by atoms with E-state index >= 15 is 0 Å². The minimum Gasteiger partial charge on any atom is -0.489 e. The first kappa shape index (κ1) is 19.7. The second-order valence-corrected chi connectivity index (χ2v) is 7.54. The van der Waals surface area contributed by atoms with Crippen molar-refractivity contribution in [3.63, 3.8) is 0 Å². The number of amides is 3. The van der Waals surface area contributed by atoms with Crippen molar-refractivity contribution in [3.05, 3.63) is 75.6 Å². The Hall–Kier alpha value is -3.03. The predicted molar refractivity (Wildman–Crippen MR) is 110 cm³/mol. The van der Waals surface area contributed by atoms with Crippen LogP contribution in [0.25, 0.3) is 10.4 Å². The van der Waals surface area contributed by atoms with Gasteiger partial charge in [-0.05, 0) is 53.6 Å². The molecule has 0 aliphatic carbocycles. The summed E-state index contributed by atoms with van der Waals surface area (Å²) >= 11 is 7.25. The number of urea groups is 1. The standard InChI is InChI=1S/C20H18ClN3O3S/c21-14-5-1-12(2-6-14)11-27-15-7-3-13(4-8-15)17-9-16(19(22)25)18(28-17)10-24-20(23)26/h1-9H,10-11H2,(H2,22,25)(H3,23,24,26). The molecule has 8 heteroatoms. The van der Waals surface area contributed by atoms with Gasteiger partial charge in [0.05, 0.1) is 12.1 Å². The number of halogens is 1. The van der Waals surface area contributed by atoms with Crippen LogP contribution >= 0.6 is 22.9 Å². The molecule has 0 atom stereocenters. The largest absolute Gasteiger partial charge is 0.489 e. The highest BCUT2D eigenvalue weighted by molar-refractivity contribution is 7.15. The molecule has 144 valence electrons. The lowest BCUT2D eigenvalue weighted by Gasteiger charge is -2.07. The van der Waals surface area contributed by atoms with E-state index in [1.807, 2.05) is 48.5 Å². The van der Waals surface area contributed by atoms with Gasteiger partial charge in [0.15, 0.2) is 0 Å². The van der Waals surface area contributed by atoms with Gasteiger partial charge in [-0.15, -0.1) is 11.3 Å². The van der Waals surface area contributed by atoms with Crippen LogP contribution in [0.4, 0.5) is 4.79 Å². The summed E-state index contributed by atoms with van der Waals surface area (Å²) < 4.78 is 5.78. The van der Waals surface area contributed by atoms with Gasteiger partial charge in [-0.2, -0.15) is 0 Å². The van der Waals surface area contributed by atoms with Crippen LogP contribution < -0.4 is 21.5 Å². The van der Waals surface area contributed by atoms with Gasteiger partial charge in [-0.1, -0.05) is 23.7 Å². The molecule has 1 heterocycles. The van der Waals surface area contributed by atoms with Crippen LogP contribution in [0.2, 0.25) is 5.02 Å². The SMILES string of the molecule is NC(=O)NCc1sc(-c2ccc(OCc3ccc(Cl)cc3)cc2)cc1C(N)=O. The fourth-order valence-electron chi connectivity index (χ4n) is 2.54. The third-order valence-corrected chi connectivity index (χ3v) is 5.39. The summed E-state index contributed by atoms with van der Waals surface area (Å²) in [5.41, 5.74) is 12.8. The van der Waals surface area contributed by atoms with Crippen LogP contribution in [0.3, 0.4) is 0 Å². The Bertz CT molecular complexity index is 985. The molecule has 3 rings (SSSR count). The Labute approximate surface area is 171 Å². The van der Waals surface area contributed by atoms with E-state index in [0.717, 1.165) is 21.8 Å². The highest BCUT2D eigenvalue weighted by atomic mass is 35.5. The maximum atomic E-state index is 11.7. The molecular weight excluding hydrogens is 398 g/mol. The zero-order valence-electron chi connectivity index (χ0n) is 14.8. The van der Waals surface area contributed by atoms with Crippen LogP contribution in [0.5, 0.6) is 5.75 Å². The van der Waals surface area contributed by atoms with Crippen LogP contribution in [0.15, 0.2) is 54.6 Å². The van der Waals surface area contributed by atoms with Crippen molar-refractivity contribution < 1.29 is 14.3 Å². The molecule has 0 aliphatic heterocycles. The van der Waals surface area contributed by atoms with Crippen LogP contribution in [0, 0.1) is 0 Å². The van der Waals surface area contributed by atoms with Crippen molar-refractivity contribution in [1.82, 2.24) is 5.32 Å². The summed E-state index contributed by atoms with van der Waals surface area (Å²) in [5.74, 6) is 0.174. The zero-order chi connectivity index (χ0) is 20.1. The Kier molecular flexibility index (Phi) is 6.18. The number of benzene rings is 2. The predicted octanol–water partition coefficient (Wildman–Crippen LogP) is 3.91. The summed E-state index contributed by atoms with van der Waals surface area (Å²) in [6, 6.07) is 16.0. The number of carbonyl (C=O) groups is 2. The average molecular weight is 416 g/mol. The molecule has 6 nitrogen and oxygen atoms in total. The van der Waals surface area contributed by atoms with Gasteiger partial charge in [0.2, 0.25) is 5.91 Å². The average Bonchev–Trinajstić information content (AvgIpc) is 3.11. The highest BCUT2D eigenvalue weighted by Gasteiger charge is 2.15. The molecule has 0 bridgehead atoms. The second kappa shape index (κ2) is 8.77. The van der Waals surface area contributed by atoms with Crippen LogP contribution in [-0.2, 0) is 13.2 Å². The van der Waals surface area contributed by atoms with Gasteiger partial charge in [0.25, 0.3) is 0 Å². The summed E-state index contributed by atoms with van der Waals surface area (Å²) in [5, 5.41) is 3.16. The third-order valence-electron chi connectivity index (χ3n) is 3.96. The molecule has 28 heavy (non-hydrogen) atoms. The minimum atomic E-state index is -0.660. The number of nitrogens with two attached hydrogens (primary N) is 2. The first-order valence-corrected chi connectivity index (χ1v) is 9.55. The number of hydrogen-bond acceptors (Lipinski definition) is 4. The lowest BCUT2D eigenvalue weighted by atomic mass is 10.1. The molecule has 0 spiro atoms. The van der Waals surface area contributed by atoms with Crippen molar-refractivity contribution in [1.29, 1.82) is 0 Å². The molecule has 0 radical (unpaired) electrons. The van der Waals surface area contributed by atoms with Gasteiger partial charge < -0.3 is 21.5 Å². The highest BCUT2D eigenvalue weighted by Crippen LogP contribution is 2.32. The number of nitrogens with one attached hydrogen (secondary N) is 1. The monoisotopic (exact) mass is 415 g/mol. The Morgan fingerprint density at radius 3 is 2.32 bits per heavy atom. The number of hydrogen-bond donors (Lipinski definition) is 3. The van der Waals surface area contributed by atoms with E-state index in [1.165, 1.54) is 11.3 Å². The van der Waals surface area contributed by atoms with Crippen molar-refractivity contribution in [2.24, 2.45) is 11.5 Å². The van der Waals surface area contributed by atoms with Crippen LogP contribution in [-0.4, -0.2) is 11.9 Å². The summed E-state index contributed by atoms with van der Waals surface area (Å²) in [6.07, 6.45) is 0. The number of carbonyl (C=O) groups excluding carboxylic acids is 2. The molecule has 1 aromatic heterocycles. The summed E-state index contributed by atoms with van der Waals surface area (Å²) in [6.45, 7) is 0.588. The Morgan fingerprint density at radius 2 is 1.71 bits per heavy atom. The van der Waals surface area contributed by atoms with Crippen molar-refractivity contribution in [3.8, 4) is 16.2 Å². The third kappa shape index (κ3) is 5.03. The van der Waals surface area contributed by atoms with E-state index in [0.29, 0.717) is 22.1 Å². The van der Waals surface area contributed by atoms with E-state index in [2.05, 4.69) is 5.32 Å². The molecule has 0 saturated carbocycles. The normalized spacial score (nSPS) is 10.5. The maximum Gasteiger partial charge on any atom is 0.312 e. The molecule has 0 saturated heterocycles. The topological polar surface area (TPSA) is 107 Å². The molecule has 0 unspecified atom stereocenters. The number of ether oxygens (including phenoxy) is 1. The molecule has 3 amide bonds. The van der Waals surface area contributed by atoms with Gasteiger partial charge in [0.1, 0.15) is 12.4 Å². The molecule has 5 N–H and O–H groups in total. The van der Waals surface area contributed by atoms with E-state index in [9.17, 15) is 9.59 Å². The zero-order valence-corrected chi connectivity index (χ0v) is 16.3. The van der Waals surface area contributed by atoms with Crippen LogP contribution in [0.1, 0.15) is 20.8 Å². The summed E-state index contributed by atoms with van der Waals surface area (Å²) in [4.78, 5) is 24.1.